The Morgan fingerprint density at radius 3 is 2.81 bits per heavy atom. The van der Waals surface area contributed by atoms with Gasteiger partial charge in [-0.2, -0.15) is 0 Å². The van der Waals surface area contributed by atoms with Gasteiger partial charge in [-0.25, -0.2) is 4.98 Å². The van der Waals surface area contributed by atoms with E-state index < -0.39 is 4.92 Å². The first-order chi connectivity index (χ1) is 7.61. The lowest BCUT2D eigenvalue weighted by molar-refractivity contribution is -0.385. The highest BCUT2D eigenvalue weighted by Gasteiger charge is 2.09. The average molecular weight is 219 g/mol. The van der Waals surface area contributed by atoms with Crippen molar-refractivity contribution in [3.8, 4) is 5.75 Å². The van der Waals surface area contributed by atoms with Gasteiger partial charge in [-0.05, 0) is 6.07 Å². The molecular formula is C10H9N3O3. The smallest absolute Gasteiger partial charge is 0.288 e. The van der Waals surface area contributed by atoms with Crippen LogP contribution >= 0.6 is 0 Å². The van der Waals surface area contributed by atoms with Crippen LogP contribution < -0.4 is 10.5 Å². The molecule has 0 amide bonds. The fraction of sp³-hybridized carbons (Fsp3) is 0.100. The zero-order chi connectivity index (χ0) is 11.7. The van der Waals surface area contributed by atoms with Crippen LogP contribution in [0, 0.1) is 10.1 Å². The summed E-state index contributed by atoms with van der Waals surface area (Å²) in [6, 6.07) is 4.68. The van der Waals surface area contributed by atoms with E-state index in [2.05, 4.69) is 4.98 Å². The summed E-state index contributed by atoms with van der Waals surface area (Å²) in [6.45, 7) is 0. The summed E-state index contributed by atoms with van der Waals surface area (Å²) < 4.78 is 5.03. The highest BCUT2D eigenvalue weighted by atomic mass is 16.6. The van der Waals surface area contributed by atoms with Gasteiger partial charge in [0.2, 0.25) is 0 Å². The number of rotatable bonds is 2. The van der Waals surface area contributed by atoms with Gasteiger partial charge in [0.25, 0.3) is 5.69 Å². The molecule has 0 radical (unpaired) electrons. The van der Waals surface area contributed by atoms with Gasteiger partial charge >= 0.3 is 0 Å². The molecule has 0 atom stereocenters. The van der Waals surface area contributed by atoms with Crippen LogP contribution in [0.3, 0.4) is 0 Å². The standard InChI is InChI=1S/C10H9N3O3/c1-16-10-4-9-6(3-8(10)11)2-7(5-12-9)13(14)15/h2-5H,11H2,1H3. The number of hydrogen-bond donors (Lipinski definition) is 1. The molecule has 0 unspecified atom stereocenters. The topological polar surface area (TPSA) is 91.3 Å². The number of aromatic nitrogens is 1. The van der Waals surface area contributed by atoms with E-state index in [0.29, 0.717) is 22.3 Å². The van der Waals surface area contributed by atoms with E-state index >= 15 is 0 Å². The Balaban J connectivity index is 2.66. The summed E-state index contributed by atoms with van der Waals surface area (Å²) in [7, 11) is 1.50. The second-order valence-electron chi connectivity index (χ2n) is 3.24. The van der Waals surface area contributed by atoms with Crippen LogP contribution in [0.5, 0.6) is 5.75 Å². The minimum Gasteiger partial charge on any atom is -0.495 e. The molecule has 6 nitrogen and oxygen atoms in total. The van der Waals surface area contributed by atoms with E-state index in [1.807, 2.05) is 0 Å². The van der Waals surface area contributed by atoms with Crippen LogP contribution in [-0.2, 0) is 0 Å². The highest BCUT2D eigenvalue weighted by molar-refractivity contribution is 5.86. The molecule has 2 rings (SSSR count). The third kappa shape index (κ3) is 1.60. The Labute approximate surface area is 90.8 Å². The third-order valence-corrected chi connectivity index (χ3v) is 2.23. The molecule has 0 saturated heterocycles. The van der Waals surface area contributed by atoms with Crippen molar-refractivity contribution in [1.29, 1.82) is 0 Å². The van der Waals surface area contributed by atoms with Crippen LogP contribution in [0.15, 0.2) is 24.4 Å². The van der Waals surface area contributed by atoms with Crippen molar-refractivity contribution < 1.29 is 9.66 Å². The predicted molar refractivity (Wildman–Crippen MR) is 59.4 cm³/mol. The third-order valence-electron chi connectivity index (χ3n) is 2.23. The molecule has 82 valence electrons. The summed E-state index contributed by atoms with van der Waals surface area (Å²) >= 11 is 0. The van der Waals surface area contributed by atoms with Gasteiger partial charge in [0.1, 0.15) is 11.9 Å². The van der Waals surface area contributed by atoms with Crippen LogP contribution in [0.2, 0.25) is 0 Å². The van der Waals surface area contributed by atoms with E-state index in [4.69, 9.17) is 10.5 Å². The maximum absolute atomic E-state index is 10.6. The molecule has 1 heterocycles. The normalized spacial score (nSPS) is 10.3. The number of hydrogen-bond acceptors (Lipinski definition) is 5. The minimum absolute atomic E-state index is 0.0583. The van der Waals surface area contributed by atoms with Gasteiger partial charge < -0.3 is 10.5 Å². The molecule has 0 aliphatic carbocycles. The molecule has 2 aromatic rings. The van der Waals surface area contributed by atoms with Crippen molar-refractivity contribution in [1.82, 2.24) is 4.98 Å². The Hall–Kier alpha value is -2.37. The van der Waals surface area contributed by atoms with Crippen LogP contribution in [0.4, 0.5) is 11.4 Å². The summed E-state index contributed by atoms with van der Waals surface area (Å²) in [5.74, 6) is 0.508. The molecule has 2 N–H and O–H groups in total. The van der Waals surface area contributed by atoms with Crippen molar-refractivity contribution in [2.75, 3.05) is 12.8 Å². The first-order valence-electron chi connectivity index (χ1n) is 4.49. The maximum atomic E-state index is 10.6. The lowest BCUT2D eigenvalue weighted by atomic mass is 10.2. The first kappa shape index (κ1) is 10.2. The lowest BCUT2D eigenvalue weighted by Crippen LogP contribution is -1.94. The summed E-state index contributed by atoms with van der Waals surface area (Å²) in [4.78, 5) is 14.0. The van der Waals surface area contributed by atoms with Crippen molar-refractivity contribution in [3.05, 3.63) is 34.5 Å². The van der Waals surface area contributed by atoms with Crippen LogP contribution in [-0.4, -0.2) is 17.0 Å². The number of nitrogen functional groups attached to an aromatic ring is 1. The molecule has 0 fully saturated rings. The Morgan fingerprint density at radius 1 is 1.44 bits per heavy atom. The van der Waals surface area contributed by atoms with Crippen molar-refractivity contribution in [2.45, 2.75) is 0 Å². The van der Waals surface area contributed by atoms with Crippen molar-refractivity contribution in [2.24, 2.45) is 0 Å². The largest absolute Gasteiger partial charge is 0.495 e. The maximum Gasteiger partial charge on any atom is 0.288 e. The zero-order valence-corrected chi connectivity index (χ0v) is 8.51. The molecule has 6 heteroatoms. The predicted octanol–water partition coefficient (Wildman–Crippen LogP) is 1.73. The molecule has 0 saturated carbocycles. The minimum atomic E-state index is -0.493. The molecule has 16 heavy (non-hydrogen) atoms. The molecular weight excluding hydrogens is 210 g/mol. The first-order valence-corrected chi connectivity index (χ1v) is 4.49. The zero-order valence-electron chi connectivity index (χ0n) is 8.51. The van der Waals surface area contributed by atoms with E-state index in [-0.39, 0.29) is 5.69 Å². The van der Waals surface area contributed by atoms with Crippen LogP contribution in [0.1, 0.15) is 0 Å². The van der Waals surface area contributed by atoms with Gasteiger partial charge in [0.05, 0.1) is 23.2 Å². The summed E-state index contributed by atoms with van der Waals surface area (Å²) in [6.07, 6.45) is 1.21. The highest BCUT2D eigenvalue weighted by Crippen LogP contribution is 2.28. The molecule has 0 aliphatic heterocycles. The second-order valence-corrected chi connectivity index (χ2v) is 3.24. The Kier molecular flexibility index (Phi) is 2.32. The Bertz CT molecular complexity index is 568. The molecule has 1 aromatic heterocycles. The summed E-state index contributed by atoms with van der Waals surface area (Å²) in [5, 5.41) is 11.2. The SMILES string of the molecule is COc1cc2ncc([N+](=O)[O-])cc2cc1N. The lowest BCUT2D eigenvalue weighted by Gasteiger charge is -2.05. The number of pyridine rings is 1. The monoisotopic (exact) mass is 219 g/mol. The van der Waals surface area contributed by atoms with Gasteiger partial charge in [0, 0.05) is 17.5 Å². The second kappa shape index (κ2) is 3.65. The molecule has 0 bridgehead atoms. The van der Waals surface area contributed by atoms with Gasteiger partial charge in [-0.15, -0.1) is 0 Å². The van der Waals surface area contributed by atoms with Gasteiger partial charge in [-0.1, -0.05) is 0 Å². The van der Waals surface area contributed by atoms with Crippen molar-refractivity contribution >= 4 is 22.3 Å². The van der Waals surface area contributed by atoms with Gasteiger partial charge in [0.15, 0.2) is 0 Å². The average Bonchev–Trinajstić information content (AvgIpc) is 2.27. The van der Waals surface area contributed by atoms with Crippen molar-refractivity contribution in [3.63, 3.8) is 0 Å². The number of anilines is 1. The Morgan fingerprint density at radius 2 is 2.19 bits per heavy atom. The molecule has 1 aromatic carbocycles. The van der Waals surface area contributed by atoms with Gasteiger partial charge in [-0.3, -0.25) is 10.1 Å². The number of methoxy groups -OCH3 is 1. The van der Waals surface area contributed by atoms with E-state index in [1.165, 1.54) is 19.4 Å². The number of nitro groups is 1. The number of benzene rings is 1. The number of nitrogens with zero attached hydrogens (tertiary/aromatic N) is 2. The fourth-order valence-electron chi connectivity index (χ4n) is 1.44. The fourth-order valence-corrected chi connectivity index (χ4v) is 1.44. The molecule has 0 aliphatic rings. The van der Waals surface area contributed by atoms with E-state index in [1.54, 1.807) is 12.1 Å². The number of nitrogens with two attached hydrogens (primary N) is 1. The number of ether oxygens (including phenoxy) is 1. The van der Waals surface area contributed by atoms with E-state index in [9.17, 15) is 10.1 Å². The molecule has 0 spiro atoms. The summed E-state index contributed by atoms with van der Waals surface area (Å²) in [5.41, 5.74) is 6.68. The number of fused-ring (bicyclic) bond motifs is 1. The van der Waals surface area contributed by atoms with Crippen LogP contribution in [0.25, 0.3) is 10.9 Å². The van der Waals surface area contributed by atoms with E-state index in [0.717, 1.165) is 0 Å². The quantitative estimate of drug-likeness (QED) is 0.471.